The van der Waals surface area contributed by atoms with Gasteiger partial charge in [-0.3, -0.25) is 4.79 Å². The molecule has 1 aromatic carbocycles. The van der Waals surface area contributed by atoms with E-state index in [-0.39, 0.29) is 11.8 Å². The zero-order valence-electron chi connectivity index (χ0n) is 11.3. The SMILES string of the molecule is CC(=O)C1=CNc2ccccc2NC1c1scnc1C. The van der Waals surface area contributed by atoms with E-state index in [2.05, 4.69) is 15.6 Å². The zero-order chi connectivity index (χ0) is 14.1. The van der Waals surface area contributed by atoms with Crippen LogP contribution >= 0.6 is 11.3 Å². The number of thiazole rings is 1. The molecule has 0 saturated heterocycles. The minimum atomic E-state index is -0.156. The number of aromatic nitrogens is 1. The summed E-state index contributed by atoms with van der Waals surface area (Å²) >= 11 is 1.57. The Hall–Kier alpha value is -2.14. The Morgan fingerprint density at radius 2 is 2.05 bits per heavy atom. The maximum absolute atomic E-state index is 12.0. The van der Waals surface area contributed by atoms with E-state index >= 15 is 0 Å². The minimum absolute atomic E-state index is 0.0515. The highest BCUT2D eigenvalue weighted by Crippen LogP contribution is 2.36. The van der Waals surface area contributed by atoms with Crippen molar-refractivity contribution < 1.29 is 4.79 Å². The summed E-state index contributed by atoms with van der Waals surface area (Å²) in [5.41, 5.74) is 5.44. The molecule has 4 nitrogen and oxygen atoms in total. The molecular formula is C15H15N3OS. The molecule has 0 spiro atoms. The van der Waals surface area contributed by atoms with Crippen LogP contribution in [-0.4, -0.2) is 10.8 Å². The second-order valence-corrected chi connectivity index (χ2v) is 5.61. The topological polar surface area (TPSA) is 54.0 Å². The Kier molecular flexibility index (Phi) is 3.28. The number of ketones is 1. The molecule has 1 aliphatic heterocycles. The summed E-state index contributed by atoms with van der Waals surface area (Å²) in [5.74, 6) is 0.0515. The molecule has 0 fully saturated rings. The minimum Gasteiger partial charge on any atom is -0.371 e. The van der Waals surface area contributed by atoms with E-state index in [1.54, 1.807) is 24.5 Å². The molecule has 3 rings (SSSR count). The molecule has 1 aliphatic rings. The first kappa shape index (κ1) is 12.9. The summed E-state index contributed by atoms with van der Waals surface area (Å²) in [7, 11) is 0. The Labute approximate surface area is 121 Å². The monoisotopic (exact) mass is 285 g/mol. The quantitative estimate of drug-likeness (QED) is 0.886. The standard InChI is InChI=1S/C15H15N3OS/c1-9-15(20-8-17-9)14-11(10(2)19)7-16-12-5-3-4-6-13(12)18-14/h3-8,14,16,18H,1-2H3. The molecule has 5 heteroatoms. The lowest BCUT2D eigenvalue weighted by molar-refractivity contribution is -0.113. The van der Waals surface area contributed by atoms with Crippen LogP contribution in [0.2, 0.25) is 0 Å². The van der Waals surface area contributed by atoms with E-state index in [1.807, 2.05) is 36.7 Å². The van der Waals surface area contributed by atoms with E-state index in [0.29, 0.717) is 5.57 Å². The first-order valence-electron chi connectivity index (χ1n) is 6.40. The first-order chi connectivity index (χ1) is 9.66. The van der Waals surface area contributed by atoms with E-state index in [1.165, 1.54) is 0 Å². The van der Waals surface area contributed by atoms with E-state index in [9.17, 15) is 4.79 Å². The number of carbonyl (C=O) groups is 1. The van der Waals surface area contributed by atoms with Gasteiger partial charge in [-0.25, -0.2) is 4.98 Å². The van der Waals surface area contributed by atoms with Crippen LogP contribution in [0.3, 0.4) is 0 Å². The predicted molar refractivity (Wildman–Crippen MR) is 82.0 cm³/mol. The summed E-state index contributed by atoms with van der Waals surface area (Å²) in [6, 6.07) is 7.77. The van der Waals surface area contributed by atoms with Crippen molar-refractivity contribution >= 4 is 28.5 Å². The third-order valence-electron chi connectivity index (χ3n) is 3.37. The van der Waals surface area contributed by atoms with Gasteiger partial charge in [0.25, 0.3) is 0 Å². The summed E-state index contributed by atoms with van der Waals surface area (Å²) in [6.07, 6.45) is 1.80. The van der Waals surface area contributed by atoms with Gasteiger partial charge in [-0.2, -0.15) is 0 Å². The van der Waals surface area contributed by atoms with Crippen LogP contribution < -0.4 is 10.6 Å². The van der Waals surface area contributed by atoms with Crippen LogP contribution in [0.5, 0.6) is 0 Å². The molecule has 0 bridgehead atoms. The zero-order valence-corrected chi connectivity index (χ0v) is 12.1. The Morgan fingerprint density at radius 3 is 2.70 bits per heavy atom. The molecule has 0 radical (unpaired) electrons. The fourth-order valence-corrected chi connectivity index (χ4v) is 3.18. The predicted octanol–water partition coefficient (Wildman–Crippen LogP) is 3.50. The molecule has 1 atom stereocenters. The number of anilines is 2. The van der Waals surface area contributed by atoms with Gasteiger partial charge in [0.1, 0.15) is 0 Å². The Bertz CT molecular complexity index is 690. The molecule has 20 heavy (non-hydrogen) atoms. The van der Waals surface area contributed by atoms with Crippen molar-refractivity contribution in [1.29, 1.82) is 0 Å². The number of carbonyl (C=O) groups excluding carboxylic acids is 1. The normalized spacial score (nSPS) is 17.3. The number of para-hydroxylation sites is 2. The van der Waals surface area contributed by atoms with Crippen molar-refractivity contribution in [3.05, 3.63) is 52.1 Å². The van der Waals surface area contributed by atoms with E-state index in [4.69, 9.17) is 0 Å². The van der Waals surface area contributed by atoms with Crippen molar-refractivity contribution in [3.63, 3.8) is 0 Å². The van der Waals surface area contributed by atoms with Crippen LogP contribution in [0.15, 0.2) is 41.5 Å². The molecule has 1 unspecified atom stereocenters. The highest BCUT2D eigenvalue weighted by molar-refractivity contribution is 7.09. The first-order valence-corrected chi connectivity index (χ1v) is 7.28. The number of aryl methyl sites for hydroxylation is 1. The summed E-state index contributed by atoms with van der Waals surface area (Å²) in [5, 5.41) is 6.66. The van der Waals surface area contributed by atoms with Crippen LogP contribution in [-0.2, 0) is 4.79 Å². The summed E-state index contributed by atoms with van der Waals surface area (Å²) in [6.45, 7) is 3.56. The Morgan fingerprint density at radius 1 is 1.30 bits per heavy atom. The van der Waals surface area contributed by atoms with Crippen molar-refractivity contribution in [1.82, 2.24) is 4.98 Å². The number of rotatable bonds is 2. The molecule has 2 heterocycles. The van der Waals surface area contributed by atoms with Gasteiger partial charge in [0.05, 0.1) is 33.5 Å². The molecule has 1 aromatic heterocycles. The lowest BCUT2D eigenvalue weighted by Gasteiger charge is -2.19. The van der Waals surface area contributed by atoms with Gasteiger partial charge in [-0.15, -0.1) is 11.3 Å². The van der Waals surface area contributed by atoms with Crippen molar-refractivity contribution in [3.8, 4) is 0 Å². The fourth-order valence-electron chi connectivity index (χ4n) is 2.31. The molecule has 0 aliphatic carbocycles. The van der Waals surface area contributed by atoms with Crippen LogP contribution in [0.25, 0.3) is 0 Å². The van der Waals surface area contributed by atoms with Crippen molar-refractivity contribution in [2.45, 2.75) is 19.9 Å². The number of hydrogen-bond donors (Lipinski definition) is 2. The highest BCUT2D eigenvalue weighted by atomic mass is 32.1. The average Bonchev–Trinajstić information content (AvgIpc) is 2.75. The van der Waals surface area contributed by atoms with E-state index < -0.39 is 0 Å². The maximum atomic E-state index is 12.0. The average molecular weight is 285 g/mol. The Balaban J connectivity index is 2.10. The lowest BCUT2D eigenvalue weighted by atomic mass is 10.0. The van der Waals surface area contributed by atoms with Gasteiger partial charge in [0.15, 0.2) is 5.78 Å². The molecule has 2 N–H and O–H groups in total. The second-order valence-electron chi connectivity index (χ2n) is 4.73. The maximum Gasteiger partial charge on any atom is 0.159 e. The van der Waals surface area contributed by atoms with Crippen molar-refractivity contribution in [2.75, 3.05) is 10.6 Å². The van der Waals surface area contributed by atoms with Crippen LogP contribution in [0.1, 0.15) is 23.5 Å². The van der Waals surface area contributed by atoms with Crippen LogP contribution in [0.4, 0.5) is 11.4 Å². The van der Waals surface area contributed by atoms with Gasteiger partial charge >= 0.3 is 0 Å². The molecule has 0 amide bonds. The van der Waals surface area contributed by atoms with Gasteiger partial charge < -0.3 is 10.6 Å². The van der Waals surface area contributed by atoms with E-state index in [0.717, 1.165) is 21.9 Å². The van der Waals surface area contributed by atoms with Gasteiger partial charge in [-0.05, 0) is 26.0 Å². The van der Waals surface area contributed by atoms with Gasteiger partial charge in [0, 0.05) is 11.8 Å². The molecule has 102 valence electrons. The molecule has 0 saturated carbocycles. The number of nitrogens with zero attached hydrogens (tertiary/aromatic N) is 1. The highest BCUT2D eigenvalue weighted by Gasteiger charge is 2.26. The second kappa shape index (κ2) is 5.09. The lowest BCUT2D eigenvalue weighted by Crippen LogP contribution is -2.16. The van der Waals surface area contributed by atoms with Crippen molar-refractivity contribution in [2.24, 2.45) is 0 Å². The van der Waals surface area contributed by atoms with Gasteiger partial charge in [-0.1, -0.05) is 12.1 Å². The van der Waals surface area contributed by atoms with Gasteiger partial charge in [0.2, 0.25) is 0 Å². The molecule has 2 aromatic rings. The number of fused-ring (bicyclic) bond motifs is 1. The fraction of sp³-hybridized carbons (Fsp3) is 0.200. The molecular weight excluding hydrogens is 270 g/mol. The van der Waals surface area contributed by atoms with Crippen LogP contribution in [0, 0.1) is 6.92 Å². The number of nitrogens with one attached hydrogen (secondary N) is 2. The number of hydrogen-bond acceptors (Lipinski definition) is 5. The number of benzene rings is 1. The summed E-state index contributed by atoms with van der Waals surface area (Å²) in [4.78, 5) is 17.3. The summed E-state index contributed by atoms with van der Waals surface area (Å²) < 4.78 is 0. The largest absolute Gasteiger partial charge is 0.371 e. The third-order valence-corrected chi connectivity index (χ3v) is 4.37. The number of Topliss-reactive ketones (excluding diaryl/α,β-unsaturated/α-hetero) is 1. The smallest absolute Gasteiger partial charge is 0.159 e. The third kappa shape index (κ3) is 2.20.